The lowest BCUT2D eigenvalue weighted by Crippen LogP contribution is -2.53. The van der Waals surface area contributed by atoms with Gasteiger partial charge in [0.1, 0.15) is 4.75 Å². The van der Waals surface area contributed by atoms with Gasteiger partial charge in [-0.15, -0.1) is 4.33 Å². The highest BCUT2D eigenvalue weighted by molar-refractivity contribution is 7.96. The van der Waals surface area contributed by atoms with Crippen LogP contribution >= 0.6 is 12.0 Å². The fourth-order valence-corrected chi connectivity index (χ4v) is 5.47. The molecule has 0 spiro atoms. The van der Waals surface area contributed by atoms with E-state index in [1.807, 2.05) is 0 Å². The number of hydrogen-bond acceptors (Lipinski definition) is 5. The van der Waals surface area contributed by atoms with Gasteiger partial charge in [-0.25, -0.2) is 5.26 Å². The van der Waals surface area contributed by atoms with Gasteiger partial charge < -0.3 is 5.32 Å². The van der Waals surface area contributed by atoms with Crippen LogP contribution < -0.4 is 5.32 Å². The van der Waals surface area contributed by atoms with Gasteiger partial charge in [-0.1, -0.05) is 5.04 Å². The van der Waals surface area contributed by atoms with Gasteiger partial charge >= 0.3 is 0 Å². The van der Waals surface area contributed by atoms with Crippen LogP contribution in [0.1, 0.15) is 52.4 Å². The smallest absolute Gasteiger partial charge is 0.238 e. The molecule has 0 aromatic carbocycles. The molecule has 4 rings (SSSR count). The van der Waals surface area contributed by atoms with Gasteiger partial charge in [0.25, 0.3) is 0 Å². The third kappa shape index (κ3) is 3.23. The van der Waals surface area contributed by atoms with Gasteiger partial charge in [0.05, 0.1) is 12.0 Å². The van der Waals surface area contributed by atoms with Crippen molar-refractivity contribution < 1.29 is 19.4 Å². The first-order valence-electron chi connectivity index (χ1n) is 7.87. The summed E-state index contributed by atoms with van der Waals surface area (Å²) in [6.07, 6.45) is 8.08. The van der Waals surface area contributed by atoms with Gasteiger partial charge in [-0.3, -0.25) is 4.79 Å². The lowest BCUT2D eigenvalue weighted by Gasteiger charge is -2.57. The fraction of sp³-hybridized carbons (Fsp3) is 0.933. The molecule has 6 heteroatoms. The highest BCUT2D eigenvalue weighted by Crippen LogP contribution is 2.59. The molecule has 2 N–H and O–H groups in total. The van der Waals surface area contributed by atoms with Gasteiger partial charge in [0.15, 0.2) is 0 Å². The Labute approximate surface area is 130 Å². The second-order valence-corrected chi connectivity index (χ2v) is 9.16. The molecule has 4 aliphatic rings. The van der Waals surface area contributed by atoms with Gasteiger partial charge in [-0.2, -0.15) is 0 Å². The summed E-state index contributed by atoms with van der Waals surface area (Å²) in [5, 5.41) is 14.9. The Balaban J connectivity index is 1.56. The topological polar surface area (TPSA) is 67.8 Å². The molecule has 4 bridgehead atoms. The third-order valence-electron chi connectivity index (χ3n) is 5.61. The van der Waals surface area contributed by atoms with E-state index in [0.29, 0.717) is 5.41 Å². The molecule has 4 fully saturated rings. The SMILES string of the molecule is CC(C)(SOOO)C(=O)NCC12CC3CC(CC(C3)C1)C2. The number of amides is 1. The lowest BCUT2D eigenvalue weighted by molar-refractivity contribution is -0.432. The van der Waals surface area contributed by atoms with Crippen molar-refractivity contribution in [1.82, 2.24) is 5.32 Å². The van der Waals surface area contributed by atoms with E-state index in [4.69, 9.17) is 5.26 Å². The molecule has 0 aromatic rings. The number of rotatable bonds is 6. The largest absolute Gasteiger partial charge is 0.354 e. The molecule has 0 atom stereocenters. The molecule has 0 radical (unpaired) electrons. The summed E-state index contributed by atoms with van der Waals surface area (Å²) in [4.78, 5) is 12.3. The van der Waals surface area contributed by atoms with E-state index >= 15 is 0 Å². The summed E-state index contributed by atoms with van der Waals surface area (Å²) in [5.41, 5.74) is 0.333. The maximum atomic E-state index is 12.3. The standard InChI is InChI=1S/C15H25NO4S/c1-14(2,21-20-19-18)13(17)16-9-15-6-10-3-11(7-15)5-12(4-10)8-15/h10-12,18H,3-9H2,1-2H3,(H,16,17). The van der Waals surface area contributed by atoms with Crippen LogP contribution in [0.25, 0.3) is 0 Å². The van der Waals surface area contributed by atoms with Crippen LogP contribution in [0.4, 0.5) is 0 Å². The van der Waals surface area contributed by atoms with Crippen molar-refractivity contribution in [3.05, 3.63) is 0 Å². The summed E-state index contributed by atoms with van der Waals surface area (Å²) >= 11 is 0.820. The van der Waals surface area contributed by atoms with E-state index in [9.17, 15) is 4.79 Å². The molecule has 120 valence electrons. The monoisotopic (exact) mass is 315 g/mol. The molecular formula is C15H25NO4S. The average molecular weight is 315 g/mol. The summed E-state index contributed by atoms with van der Waals surface area (Å²) in [6.45, 7) is 4.29. The Bertz CT molecular complexity index is 377. The van der Waals surface area contributed by atoms with Crippen LogP contribution in [-0.4, -0.2) is 22.5 Å². The van der Waals surface area contributed by atoms with E-state index in [2.05, 4.69) is 14.7 Å². The molecule has 21 heavy (non-hydrogen) atoms. The van der Waals surface area contributed by atoms with E-state index in [1.165, 1.54) is 38.5 Å². The number of carbonyl (C=O) groups excluding carboxylic acids is 1. The minimum absolute atomic E-state index is 0.0692. The summed E-state index contributed by atoms with van der Waals surface area (Å²) < 4.78 is 3.64. The summed E-state index contributed by atoms with van der Waals surface area (Å²) in [5.74, 6) is 2.60. The number of hydrogen-bond donors (Lipinski definition) is 2. The van der Waals surface area contributed by atoms with Crippen LogP contribution in [0, 0.1) is 23.2 Å². The predicted molar refractivity (Wildman–Crippen MR) is 80.1 cm³/mol. The maximum absolute atomic E-state index is 12.3. The molecule has 0 saturated heterocycles. The second-order valence-electron chi connectivity index (χ2n) is 7.84. The molecule has 5 nitrogen and oxygen atoms in total. The minimum atomic E-state index is -0.787. The molecule has 0 unspecified atom stereocenters. The summed E-state index contributed by atoms with van der Waals surface area (Å²) in [6, 6.07) is 0. The van der Waals surface area contributed by atoms with Crippen LogP contribution in [-0.2, 0) is 14.2 Å². The number of carbonyl (C=O) groups is 1. The molecular weight excluding hydrogens is 290 g/mol. The first-order valence-corrected chi connectivity index (χ1v) is 8.61. The molecule has 1 amide bonds. The van der Waals surface area contributed by atoms with Gasteiger partial charge in [0, 0.05) is 6.54 Å². The molecule has 4 aliphatic carbocycles. The maximum Gasteiger partial charge on any atom is 0.238 e. The molecule has 4 saturated carbocycles. The Morgan fingerprint density at radius 3 is 2.24 bits per heavy atom. The Morgan fingerprint density at radius 1 is 1.24 bits per heavy atom. The highest BCUT2D eigenvalue weighted by atomic mass is 32.2. The van der Waals surface area contributed by atoms with Crippen molar-refractivity contribution in [2.75, 3.05) is 6.54 Å². The predicted octanol–water partition coefficient (Wildman–Crippen LogP) is 3.17. The molecule has 0 aromatic heterocycles. The van der Waals surface area contributed by atoms with Crippen molar-refractivity contribution in [2.24, 2.45) is 23.2 Å². The highest BCUT2D eigenvalue weighted by Gasteiger charge is 2.51. The van der Waals surface area contributed by atoms with Crippen molar-refractivity contribution >= 4 is 17.9 Å². The van der Waals surface area contributed by atoms with Crippen molar-refractivity contribution in [3.8, 4) is 0 Å². The van der Waals surface area contributed by atoms with Crippen LogP contribution in [0.2, 0.25) is 0 Å². The van der Waals surface area contributed by atoms with E-state index in [1.54, 1.807) is 13.8 Å². The van der Waals surface area contributed by atoms with Crippen molar-refractivity contribution in [1.29, 1.82) is 0 Å². The van der Waals surface area contributed by atoms with Gasteiger partial charge in [-0.05, 0) is 75.5 Å². The molecule has 0 aliphatic heterocycles. The average Bonchev–Trinajstić information content (AvgIpc) is 2.41. The fourth-order valence-electron chi connectivity index (χ4n) is 5.13. The lowest BCUT2D eigenvalue weighted by atomic mass is 9.49. The summed E-state index contributed by atoms with van der Waals surface area (Å²) in [7, 11) is 0. The third-order valence-corrected chi connectivity index (χ3v) is 6.34. The van der Waals surface area contributed by atoms with Crippen LogP contribution in [0.3, 0.4) is 0 Å². The quantitative estimate of drug-likeness (QED) is 0.448. The Hall–Kier alpha value is -0.300. The van der Waals surface area contributed by atoms with Crippen LogP contribution in [0.15, 0.2) is 0 Å². The van der Waals surface area contributed by atoms with E-state index in [-0.39, 0.29) is 5.91 Å². The first-order chi connectivity index (χ1) is 9.92. The van der Waals surface area contributed by atoms with E-state index in [0.717, 1.165) is 36.3 Å². The zero-order valence-electron chi connectivity index (χ0n) is 12.8. The molecule has 0 heterocycles. The minimum Gasteiger partial charge on any atom is -0.354 e. The first kappa shape index (κ1) is 15.6. The van der Waals surface area contributed by atoms with Crippen LogP contribution in [0.5, 0.6) is 0 Å². The zero-order chi connectivity index (χ0) is 15.1. The van der Waals surface area contributed by atoms with E-state index < -0.39 is 4.75 Å². The van der Waals surface area contributed by atoms with Crippen molar-refractivity contribution in [2.45, 2.75) is 57.1 Å². The van der Waals surface area contributed by atoms with Gasteiger partial charge in [0.2, 0.25) is 5.91 Å². The Kier molecular flexibility index (Phi) is 4.25. The Morgan fingerprint density at radius 2 is 1.76 bits per heavy atom. The normalized spacial score (nSPS) is 37.8. The zero-order valence-corrected chi connectivity index (χ0v) is 13.6. The number of nitrogens with one attached hydrogen (secondary N) is 1. The second kappa shape index (κ2) is 5.72. The van der Waals surface area contributed by atoms with Crippen molar-refractivity contribution in [3.63, 3.8) is 0 Å².